The van der Waals surface area contributed by atoms with Gasteiger partial charge in [-0.2, -0.15) is 8.42 Å². The summed E-state index contributed by atoms with van der Waals surface area (Å²) in [6.45, 7) is 1.73. The molecule has 0 bridgehead atoms. The Balaban J connectivity index is 2.29. The average Bonchev–Trinajstić information content (AvgIpc) is 2.45. The summed E-state index contributed by atoms with van der Waals surface area (Å²) in [6.07, 6.45) is 4.31. The maximum atomic E-state index is 11.5. The molecule has 2 aromatic carbocycles. The van der Waals surface area contributed by atoms with E-state index in [1.807, 2.05) is 0 Å². The number of anilines is 1. The normalized spacial score (nSPS) is 12.5. The van der Waals surface area contributed by atoms with Crippen LogP contribution < -0.4 is 4.72 Å². The highest BCUT2D eigenvalue weighted by Gasteiger charge is 2.13. The van der Waals surface area contributed by atoms with Crippen molar-refractivity contribution in [2.24, 2.45) is 0 Å². The fraction of sp³-hybridized carbons (Fsp3) is 0.125. The van der Waals surface area contributed by atoms with Crippen molar-refractivity contribution in [3.63, 3.8) is 0 Å². The summed E-state index contributed by atoms with van der Waals surface area (Å²) in [5, 5.41) is 0. The Morgan fingerprint density at radius 3 is 2.12 bits per heavy atom. The average molecular weight is 367 g/mol. The van der Waals surface area contributed by atoms with Crippen molar-refractivity contribution in [3.8, 4) is 0 Å². The van der Waals surface area contributed by atoms with Gasteiger partial charge in [0.25, 0.3) is 10.1 Å². The Labute approximate surface area is 141 Å². The lowest BCUT2D eigenvalue weighted by Gasteiger charge is -2.05. The molecule has 0 spiro atoms. The highest BCUT2D eigenvalue weighted by molar-refractivity contribution is 7.92. The Hall–Kier alpha value is -2.16. The Bertz CT molecular complexity index is 976. The zero-order valence-electron chi connectivity index (χ0n) is 13.1. The monoisotopic (exact) mass is 367 g/mol. The van der Waals surface area contributed by atoms with Crippen LogP contribution >= 0.6 is 0 Å². The number of aryl methyl sites for hydroxylation is 1. The van der Waals surface area contributed by atoms with Gasteiger partial charge >= 0.3 is 0 Å². The van der Waals surface area contributed by atoms with Gasteiger partial charge in [-0.25, -0.2) is 8.42 Å². The van der Waals surface area contributed by atoms with Gasteiger partial charge in [-0.3, -0.25) is 9.27 Å². The van der Waals surface area contributed by atoms with Gasteiger partial charge in [-0.1, -0.05) is 36.4 Å². The number of sulfonamides is 1. The molecule has 2 aromatic rings. The lowest BCUT2D eigenvalue weighted by Crippen LogP contribution is -2.09. The third kappa shape index (κ3) is 5.19. The summed E-state index contributed by atoms with van der Waals surface area (Å²) < 4.78 is 56.9. The molecule has 0 aliphatic rings. The van der Waals surface area contributed by atoms with E-state index >= 15 is 0 Å². The Kier molecular flexibility index (Phi) is 5.12. The van der Waals surface area contributed by atoms with Crippen molar-refractivity contribution in [2.75, 3.05) is 11.0 Å². The maximum Gasteiger partial charge on any atom is 0.295 e. The van der Waals surface area contributed by atoms with Crippen LogP contribution in [0.1, 0.15) is 16.7 Å². The van der Waals surface area contributed by atoms with Crippen molar-refractivity contribution in [3.05, 3.63) is 59.2 Å². The van der Waals surface area contributed by atoms with Crippen LogP contribution in [0.4, 0.5) is 5.69 Å². The third-order valence-electron chi connectivity index (χ3n) is 3.12. The summed E-state index contributed by atoms with van der Waals surface area (Å²) in [6, 6.07) is 11.3. The summed E-state index contributed by atoms with van der Waals surface area (Å²) >= 11 is 0. The van der Waals surface area contributed by atoms with E-state index in [1.54, 1.807) is 55.5 Å². The van der Waals surface area contributed by atoms with Crippen LogP contribution in [0.15, 0.2) is 47.4 Å². The van der Waals surface area contributed by atoms with Gasteiger partial charge in [0, 0.05) is 5.69 Å². The molecule has 0 radical (unpaired) electrons. The van der Waals surface area contributed by atoms with Crippen LogP contribution in [0.5, 0.6) is 0 Å². The van der Waals surface area contributed by atoms with Crippen LogP contribution in [-0.2, 0) is 20.1 Å². The van der Waals surface area contributed by atoms with E-state index in [0.29, 0.717) is 11.3 Å². The first-order chi connectivity index (χ1) is 11.0. The molecule has 0 aromatic heterocycles. The number of hydrogen-bond acceptors (Lipinski definition) is 4. The standard InChI is InChI=1S/C16H17NO5S2/c1-12-3-7-14(16(11-12)24(20,21)22)8-4-13-5-9-15(10-6-13)17-23(2,18)19/h3-11,17H,1-2H3,(H,20,21,22). The molecule has 128 valence electrons. The quantitative estimate of drug-likeness (QED) is 0.625. The van der Waals surface area contributed by atoms with E-state index in [2.05, 4.69) is 4.72 Å². The lowest BCUT2D eigenvalue weighted by atomic mass is 10.1. The molecule has 0 saturated heterocycles. The van der Waals surface area contributed by atoms with E-state index in [0.717, 1.165) is 17.4 Å². The van der Waals surface area contributed by atoms with E-state index in [4.69, 9.17) is 0 Å². The number of hydrogen-bond donors (Lipinski definition) is 2. The summed E-state index contributed by atoms with van der Waals surface area (Å²) in [7, 11) is -7.65. The molecule has 6 nitrogen and oxygen atoms in total. The van der Waals surface area contributed by atoms with Crippen molar-refractivity contribution in [1.29, 1.82) is 0 Å². The molecule has 8 heteroatoms. The van der Waals surface area contributed by atoms with Crippen molar-refractivity contribution < 1.29 is 21.4 Å². The first kappa shape index (κ1) is 18.2. The van der Waals surface area contributed by atoms with E-state index in [1.165, 1.54) is 6.07 Å². The first-order valence-corrected chi connectivity index (χ1v) is 10.2. The minimum atomic E-state index is -4.32. The fourth-order valence-corrected chi connectivity index (χ4v) is 3.40. The van der Waals surface area contributed by atoms with Gasteiger partial charge in [0.1, 0.15) is 4.90 Å². The van der Waals surface area contributed by atoms with Crippen LogP contribution in [0.3, 0.4) is 0 Å². The van der Waals surface area contributed by atoms with Crippen molar-refractivity contribution >= 4 is 38.0 Å². The topological polar surface area (TPSA) is 101 Å². The third-order valence-corrected chi connectivity index (χ3v) is 4.63. The van der Waals surface area contributed by atoms with E-state index < -0.39 is 20.1 Å². The minimum absolute atomic E-state index is 0.158. The zero-order chi connectivity index (χ0) is 18.0. The summed E-state index contributed by atoms with van der Waals surface area (Å²) in [5.41, 5.74) is 2.26. The van der Waals surface area contributed by atoms with Crippen LogP contribution in [0.2, 0.25) is 0 Å². The van der Waals surface area contributed by atoms with Gasteiger partial charge in [0.05, 0.1) is 6.26 Å². The van der Waals surface area contributed by atoms with Crippen molar-refractivity contribution in [2.45, 2.75) is 11.8 Å². The highest BCUT2D eigenvalue weighted by atomic mass is 32.2. The largest absolute Gasteiger partial charge is 0.295 e. The maximum absolute atomic E-state index is 11.5. The predicted octanol–water partition coefficient (Wildman–Crippen LogP) is 2.78. The molecule has 2 N–H and O–H groups in total. The van der Waals surface area contributed by atoms with Gasteiger partial charge in [-0.05, 0) is 41.8 Å². The molecule has 0 aliphatic heterocycles. The number of nitrogens with one attached hydrogen (secondary N) is 1. The second-order valence-electron chi connectivity index (χ2n) is 5.35. The molecule has 0 saturated carbocycles. The smallest absolute Gasteiger partial charge is 0.284 e. The molecular weight excluding hydrogens is 350 g/mol. The van der Waals surface area contributed by atoms with E-state index in [9.17, 15) is 21.4 Å². The first-order valence-electron chi connectivity index (χ1n) is 6.89. The van der Waals surface area contributed by atoms with Crippen LogP contribution in [0, 0.1) is 6.92 Å². The van der Waals surface area contributed by atoms with Gasteiger partial charge in [0.2, 0.25) is 10.0 Å². The molecule has 0 heterocycles. The van der Waals surface area contributed by atoms with Gasteiger partial charge < -0.3 is 0 Å². The molecule has 0 atom stereocenters. The van der Waals surface area contributed by atoms with Crippen LogP contribution in [-0.4, -0.2) is 27.6 Å². The number of benzene rings is 2. The second kappa shape index (κ2) is 6.76. The van der Waals surface area contributed by atoms with Gasteiger partial charge in [-0.15, -0.1) is 0 Å². The molecular formula is C16H17NO5S2. The molecule has 0 aliphatic carbocycles. The fourth-order valence-electron chi connectivity index (χ4n) is 2.07. The predicted molar refractivity (Wildman–Crippen MR) is 94.8 cm³/mol. The Morgan fingerprint density at radius 1 is 0.958 bits per heavy atom. The highest BCUT2D eigenvalue weighted by Crippen LogP contribution is 2.20. The summed E-state index contributed by atoms with van der Waals surface area (Å²) in [4.78, 5) is -0.158. The molecule has 0 amide bonds. The molecule has 24 heavy (non-hydrogen) atoms. The molecule has 2 rings (SSSR count). The zero-order valence-corrected chi connectivity index (χ0v) is 14.7. The molecule has 0 unspecified atom stereocenters. The van der Waals surface area contributed by atoms with E-state index in [-0.39, 0.29) is 4.90 Å². The SMILES string of the molecule is Cc1ccc(C=Cc2ccc(NS(C)(=O)=O)cc2)c(S(=O)(=O)O)c1. The summed E-state index contributed by atoms with van der Waals surface area (Å²) in [5.74, 6) is 0. The Morgan fingerprint density at radius 2 is 1.58 bits per heavy atom. The van der Waals surface area contributed by atoms with Crippen LogP contribution in [0.25, 0.3) is 12.2 Å². The van der Waals surface area contributed by atoms with Crippen molar-refractivity contribution in [1.82, 2.24) is 0 Å². The number of rotatable bonds is 5. The van der Waals surface area contributed by atoms with Gasteiger partial charge in [0.15, 0.2) is 0 Å². The minimum Gasteiger partial charge on any atom is -0.284 e. The molecule has 0 fully saturated rings. The lowest BCUT2D eigenvalue weighted by molar-refractivity contribution is 0.483. The second-order valence-corrected chi connectivity index (χ2v) is 8.48.